The Balaban J connectivity index is 2.28. The first-order valence-electron chi connectivity index (χ1n) is 6.55. The normalized spacial score (nSPS) is 10.5. The summed E-state index contributed by atoms with van der Waals surface area (Å²) in [4.78, 5) is 23.3. The molecule has 4 heteroatoms. The zero-order valence-electron chi connectivity index (χ0n) is 11.4. The zero-order valence-corrected chi connectivity index (χ0v) is 11.4. The molecule has 0 bridgehead atoms. The predicted octanol–water partition coefficient (Wildman–Crippen LogP) is 1.96. The highest BCUT2D eigenvalue weighted by atomic mass is 16.2. The number of pyridine rings is 1. The number of nitrogens with zero attached hydrogens (tertiary/aromatic N) is 1. The molecule has 1 aromatic carbocycles. The van der Waals surface area contributed by atoms with Gasteiger partial charge in [0, 0.05) is 30.1 Å². The summed E-state index contributed by atoms with van der Waals surface area (Å²) in [6, 6.07) is 10.4. The molecule has 0 spiro atoms. The Labute approximate surface area is 117 Å². The molecule has 4 nitrogen and oxygen atoms in total. The van der Waals surface area contributed by atoms with Gasteiger partial charge < -0.3 is 5.11 Å². The lowest BCUT2D eigenvalue weighted by molar-refractivity contribution is 0.101. The molecule has 0 amide bonds. The van der Waals surface area contributed by atoms with Gasteiger partial charge in [0.05, 0.1) is 0 Å². The summed E-state index contributed by atoms with van der Waals surface area (Å²) < 4.78 is 1.53. The van der Waals surface area contributed by atoms with Crippen molar-refractivity contribution in [2.75, 3.05) is 6.61 Å². The highest BCUT2D eigenvalue weighted by Crippen LogP contribution is 2.09. The summed E-state index contributed by atoms with van der Waals surface area (Å²) >= 11 is 0. The van der Waals surface area contributed by atoms with Crippen LogP contribution >= 0.6 is 0 Å². The Hall–Kier alpha value is -2.20. The van der Waals surface area contributed by atoms with E-state index in [1.165, 1.54) is 11.5 Å². The van der Waals surface area contributed by atoms with Crippen molar-refractivity contribution >= 4 is 5.78 Å². The molecule has 0 fully saturated rings. The van der Waals surface area contributed by atoms with Crippen LogP contribution in [0.5, 0.6) is 0 Å². The van der Waals surface area contributed by atoms with Crippen LogP contribution in [0.3, 0.4) is 0 Å². The molecule has 0 aliphatic rings. The van der Waals surface area contributed by atoms with Crippen LogP contribution < -0.4 is 5.56 Å². The van der Waals surface area contributed by atoms with Crippen molar-refractivity contribution < 1.29 is 9.90 Å². The van der Waals surface area contributed by atoms with Crippen molar-refractivity contribution in [1.82, 2.24) is 4.57 Å². The van der Waals surface area contributed by atoms with Crippen LogP contribution in [0.15, 0.2) is 47.4 Å². The topological polar surface area (TPSA) is 59.3 Å². The number of hydrogen-bond donors (Lipinski definition) is 1. The molecule has 2 aromatic rings. The van der Waals surface area contributed by atoms with Crippen LogP contribution in [-0.2, 0) is 6.42 Å². The molecule has 0 saturated heterocycles. The predicted molar refractivity (Wildman–Crippen MR) is 77.5 cm³/mol. The van der Waals surface area contributed by atoms with Gasteiger partial charge in [0.2, 0.25) is 0 Å². The number of benzene rings is 1. The van der Waals surface area contributed by atoms with E-state index in [0.29, 0.717) is 18.4 Å². The molecule has 20 heavy (non-hydrogen) atoms. The number of Topliss-reactive ketones (excluding diaryl/α,β-unsaturated/α-hetero) is 1. The molecule has 0 aliphatic heterocycles. The molecule has 1 N–H and O–H groups in total. The Morgan fingerprint density at radius 1 is 1.20 bits per heavy atom. The van der Waals surface area contributed by atoms with Gasteiger partial charge in [0.1, 0.15) is 0 Å². The summed E-state index contributed by atoms with van der Waals surface area (Å²) in [7, 11) is 0. The minimum atomic E-state index is -0.115. The lowest BCUT2D eigenvalue weighted by atomic mass is 10.1. The number of hydrogen-bond acceptors (Lipinski definition) is 3. The Morgan fingerprint density at radius 2 is 1.90 bits per heavy atom. The Bertz CT molecular complexity index is 656. The summed E-state index contributed by atoms with van der Waals surface area (Å²) in [6.45, 7) is 1.63. The number of ketones is 1. The van der Waals surface area contributed by atoms with E-state index in [-0.39, 0.29) is 17.9 Å². The minimum Gasteiger partial charge on any atom is -0.396 e. The minimum absolute atomic E-state index is 0.00301. The van der Waals surface area contributed by atoms with Crippen LogP contribution in [0.2, 0.25) is 0 Å². The fourth-order valence-electron chi connectivity index (χ4n) is 2.03. The van der Waals surface area contributed by atoms with Crippen molar-refractivity contribution in [1.29, 1.82) is 0 Å². The number of carbonyl (C=O) groups excluding carboxylic acids is 1. The fraction of sp³-hybridized carbons (Fsp3) is 0.250. The summed E-state index contributed by atoms with van der Waals surface area (Å²) in [5.74, 6) is 0.00301. The van der Waals surface area contributed by atoms with Crippen LogP contribution in [-0.4, -0.2) is 22.1 Å². The van der Waals surface area contributed by atoms with Gasteiger partial charge in [-0.3, -0.25) is 14.2 Å². The average molecular weight is 271 g/mol. The molecule has 2 rings (SSSR count). The van der Waals surface area contributed by atoms with Gasteiger partial charge >= 0.3 is 0 Å². The monoisotopic (exact) mass is 271 g/mol. The first-order chi connectivity index (χ1) is 9.61. The van der Waals surface area contributed by atoms with Crippen LogP contribution in [0, 0.1) is 0 Å². The van der Waals surface area contributed by atoms with Crippen LogP contribution in [0.4, 0.5) is 0 Å². The quantitative estimate of drug-likeness (QED) is 0.846. The van der Waals surface area contributed by atoms with Crippen molar-refractivity contribution in [2.45, 2.75) is 19.8 Å². The van der Waals surface area contributed by atoms with Crippen molar-refractivity contribution in [3.63, 3.8) is 0 Å². The van der Waals surface area contributed by atoms with E-state index in [9.17, 15) is 9.59 Å². The second-order valence-corrected chi connectivity index (χ2v) is 4.67. The van der Waals surface area contributed by atoms with E-state index >= 15 is 0 Å². The third kappa shape index (κ3) is 3.22. The Kier molecular flexibility index (Phi) is 4.48. The molecule has 1 heterocycles. The van der Waals surface area contributed by atoms with Gasteiger partial charge in [0.25, 0.3) is 5.56 Å². The van der Waals surface area contributed by atoms with Crippen molar-refractivity contribution in [3.05, 3.63) is 64.1 Å². The highest BCUT2D eigenvalue weighted by molar-refractivity contribution is 5.94. The molecular weight excluding hydrogens is 254 g/mol. The maximum atomic E-state index is 12.1. The number of aliphatic hydroxyl groups excluding tert-OH is 1. The van der Waals surface area contributed by atoms with Crippen LogP contribution in [0.1, 0.15) is 29.3 Å². The second kappa shape index (κ2) is 6.30. The molecule has 0 saturated carbocycles. The third-order valence-electron chi connectivity index (χ3n) is 3.16. The van der Waals surface area contributed by atoms with Gasteiger partial charge in [-0.1, -0.05) is 0 Å². The largest absolute Gasteiger partial charge is 0.396 e. The number of aromatic nitrogens is 1. The van der Waals surface area contributed by atoms with Gasteiger partial charge in [-0.2, -0.15) is 0 Å². The summed E-state index contributed by atoms with van der Waals surface area (Å²) in [5, 5.41) is 8.79. The van der Waals surface area contributed by atoms with E-state index in [2.05, 4.69) is 0 Å². The lowest BCUT2D eigenvalue weighted by Gasteiger charge is -2.07. The van der Waals surface area contributed by atoms with Gasteiger partial charge in [-0.05, 0) is 55.7 Å². The lowest BCUT2D eigenvalue weighted by Crippen LogP contribution is -2.17. The second-order valence-electron chi connectivity index (χ2n) is 4.67. The standard InChI is InChI=1S/C16H17NO3/c1-12(19)14-4-6-15(7-5-14)17-9-8-13(3-2-10-18)11-16(17)20/h4-9,11,18H,2-3,10H2,1H3. The molecule has 104 valence electrons. The third-order valence-corrected chi connectivity index (χ3v) is 3.16. The number of aliphatic hydroxyl groups is 1. The molecular formula is C16H17NO3. The smallest absolute Gasteiger partial charge is 0.255 e. The summed E-state index contributed by atoms with van der Waals surface area (Å²) in [5.41, 5.74) is 2.16. The average Bonchev–Trinajstić information content (AvgIpc) is 2.45. The van der Waals surface area contributed by atoms with E-state index in [1.807, 2.05) is 6.07 Å². The molecule has 0 unspecified atom stereocenters. The van der Waals surface area contributed by atoms with Crippen LogP contribution in [0.25, 0.3) is 5.69 Å². The Morgan fingerprint density at radius 3 is 2.45 bits per heavy atom. The first-order valence-corrected chi connectivity index (χ1v) is 6.55. The molecule has 1 aromatic heterocycles. The highest BCUT2D eigenvalue weighted by Gasteiger charge is 2.03. The van der Waals surface area contributed by atoms with Gasteiger partial charge in [-0.25, -0.2) is 0 Å². The number of rotatable bonds is 5. The maximum Gasteiger partial charge on any atom is 0.255 e. The van der Waals surface area contributed by atoms with E-state index in [1.54, 1.807) is 36.5 Å². The molecule has 0 aliphatic carbocycles. The van der Waals surface area contributed by atoms with E-state index in [0.717, 1.165) is 11.3 Å². The van der Waals surface area contributed by atoms with Crippen molar-refractivity contribution in [2.24, 2.45) is 0 Å². The van der Waals surface area contributed by atoms with Gasteiger partial charge in [-0.15, -0.1) is 0 Å². The first kappa shape index (κ1) is 14.2. The summed E-state index contributed by atoms with van der Waals surface area (Å²) in [6.07, 6.45) is 3.06. The zero-order chi connectivity index (χ0) is 14.5. The van der Waals surface area contributed by atoms with Crippen molar-refractivity contribution in [3.8, 4) is 5.69 Å². The van der Waals surface area contributed by atoms with E-state index < -0.39 is 0 Å². The van der Waals surface area contributed by atoms with Gasteiger partial charge in [0.15, 0.2) is 5.78 Å². The number of aryl methyl sites for hydroxylation is 1. The van der Waals surface area contributed by atoms with E-state index in [4.69, 9.17) is 5.11 Å². The maximum absolute atomic E-state index is 12.1. The fourth-order valence-corrected chi connectivity index (χ4v) is 2.03. The SMILES string of the molecule is CC(=O)c1ccc(-n2ccc(CCCO)cc2=O)cc1. The molecule has 0 atom stereocenters. The molecule has 0 radical (unpaired) electrons. The number of carbonyl (C=O) groups is 1.